The van der Waals surface area contributed by atoms with Crippen LogP contribution in [0.4, 0.5) is 19.7 Å². The first-order valence-corrected chi connectivity index (χ1v) is 12.4. The van der Waals surface area contributed by atoms with E-state index in [-0.39, 0.29) is 56.7 Å². The molecule has 0 amide bonds. The number of rotatable bonds is 3. The van der Waals surface area contributed by atoms with Crippen molar-refractivity contribution >= 4 is 43.3 Å². The molecule has 2 unspecified atom stereocenters. The normalized spacial score (nSPS) is 19.5. The molecule has 0 aliphatic carbocycles. The summed E-state index contributed by atoms with van der Waals surface area (Å²) in [4.78, 5) is 17.8. The van der Waals surface area contributed by atoms with E-state index in [1.807, 2.05) is 20.2 Å². The van der Waals surface area contributed by atoms with Crippen LogP contribution >= 0.6 is 11.3 Å². The van der Waals surface area contributed by atoms with Crippen molar-refractivity contribution in [2.24, 2.45) is 0 Å². The van der Waals surface area contributed by atoms with E-state index in [0.29, 0.717) is 22.9 Å². The summed E-state index contributed by atoms with van der Waals surface area (Å²) >= 11 is 0.954. The van der Waals surface area contributed by atoms with Gasteiger partial charge in [0.1, 0.15) is 16.6 Å². The minimum atomic E-state index is -0.607. The summed E-state index contributed by atoms with van der Waals surface area (Å²) in [5, 5.41) is 10.7. The van der Waals surface area contributed by atoms with Crippen molar-refractivity contribution in [2.75, 3.05) is 31.3 Å². The average Bonchev–Trinajstić information content (AvgIpc) is 3.57. The molecule has 184 valence electrons. The van der Waals surface area contributed by atoms with Gasteiger partial charge >= 0.3 is 0 Å². The third-order valence-electron chi connectivity index (χ3n) is 7.27. The quantitative estimate of drug-likeness (QED) is 0.440. The van der Waals surface area contributed by atoms with Gasteiger partial charge < -0.3 is 20.3 Å². The second kappa shape index (κ2) is 8.30. The van der Waals surface area contributed by atoms with Gasteiger partial charge in [-0.3, -0.25) is 4.98 Å². The fourth-order valence-corrected chi connectivity index (χ4v) is 6.25. The molecular formula is C25H23F2N7OS. The summed E-state index contributed by atoms with van der Waals surface area (Å²) in [6, 6.07) is 2.57. The van der Waals surface area contributed by atoms with Crippen LogP contribution in [0.5, 0.6) is 0 Å². The molecule has 0 bridgehead atoms. The number of nitrogens with two attached hydrogens (primary N) is 1. The Morgan fingerprint density at radius 1 is 1.22 bits per heavy atom. The minimum Gasteiger partial charge on any atom is -0.389 e. The summed E-state index contributed by atoms with van der Waals surface area (Å²) in [6.45, 7) is 3.28. The Kier molecular flexibility index (Phi) is 5.29. The number of pyridine rings is 1. The van der Waals surface area contributed by atoms with E-state index in [9.17, 15) is 9.65 Å². The van der Waals surface area contributed by atoms with Gasteiger partial charge in [-0.1, -0.05) is 0 Å². The zero-order chi connectivity index (χ0) is 25.3. The van der Waals surface area contributed by atoms with E-state index in [1.165, 1.54) is 0 Å². The highest BCUT2D eigenvalue weighted by Gasteiger charge is 2.34. The fraction of sp³-hybridized carbons (Fsp3) is 0.360. The molecule has 36 heavy (non-hydrogen) atoms. The van der Waals surface area contributed by atoms with E-state index in [4.69, 9.17) is 10.5 Å². The number of aromatic nitrogens is 3. The van der Waals surface area contributed by atoms with Crippen molar-refractivity contribution in [2.45, 2.75) is 38.6 Å². The van der Waals surface area contributed by atoms with Crippen LogP contribution in [0, 0.1) is 23.0 Å². The number of halogens is 2. The lowest BCUT2D eigenvalue weighted by Gasteiger charge is -2.23. The first-order chi connectivity index (χ1) is 17.3. The van der Waals surface area contributed by atoms with Crippen molar-refractivity contribution in [3.05, 3.63) is 40.7 Å². The van der Waals surface area contributed by atoms with Gasteiger partial charge in [-0.25, -0.2) is 18.7 Å². The second-order valence-corrected chi connectivity index (χ2v) is 10.6. The van der Waals surface area contributed by atoms with Crippen LogP contribution in [0.25, 0.3) is 32.2 Å². The first-order valence-electron chi connectivity index (χ1n) is 11.6. The van der Waals surface area contributed by atoms with Crippen molar-refractivity contribution < 1.29 is 13.5 Å². The number of benzene rings is 1. The van der Waals surface area contributed by atoms with E-state index >= 15 is 4.39 Å². The van der Waals surface area contributed by atoms with E-state index in [1.54, 1.807) is 6.20 Å². The van der Waals surface area contributed by atoms with Crippen LogP contribution in [0.2, 0.25) is 0 Å². The predicted octanol–water partition coefficient (Wildman–Crippen LogP) is 4.20. The number of fused-ring (bicyclic) bond motifs is 4. The number of thiophene rings is 1. The highest BCUT2D eigenvalue weighted by atomic mass is 32.1. The summed E-state index contributed by atoms with van der Waals surface area (Å²) in [7, 11) is 4.08. The number of nitrogens with zero attached hydrogens (tertiary/aromatic N) is 6. The third kappa shape index (κ3) is 3.25. The Bertz CT molecular complexity index is 1600. The Morgan fingerprint density at radius 2 is 2.00 bits per heavy atom. The van der Waals surface area contributed by atoms with Gasteiger partial charge in [0, 0.05) is 41.2 Å². The van der Waals surface area contributed by atoms with Gasteiger partial charge in [0.25, 0.3) is 0 Å². The van der Waals surface area contributed by atoms with Crippen LogP contribution in [-0.2, 0) is 18.0 Å². The second-order valence-electron chi connectivity index (χ2n) is 9.54. The lowest BCUT2D eigenvalue weighted by molar-refractivity contribution is 0.135. The smallest absolute Gasteiger partial charge is 0.226 e. The molecule has 2 aliphatic rings. The molecule has 5 heterocycles. The van der Waals surface area contributed by atoms with Crippen molar-refractivity contribution in [1.82, 2.24) is 19.9 Å². The number of anilines is 2. The molecule has 4 aromatic rings. The topological polar surface area (TPSA) is 104 Å². The summed E-state index contributed by atoms with van der Waals surface area (Å²) in [6.07, 6.45) is 3.65. The molecular weight excluding hydrogens is 484 g/mol. The average molecular weight is 508 g/mol. The molecule has 1 saturated heterocycles. The molecule has 2 N–H and O–H groups in total. The van der Waals surface area contributed by atoms with Crippen LogP contribution < -0.4 is 10.6 Å². The molecule has 0 spiro atoms. The van der Waals surface area contributed by atoms with Crippen LogP contribution in [0.15, 0.2) is 12.4 Å². The Balaban J connectivity index is 1.61. The SMILES string of the molecule is CC1CC(N(C)C)CN1c1ncc2c3c(c(-c4ncc(F)c5sc(N)c(C#N)c45)c(F)c2n1)COC3. The molecule has 2 aliphatic heterocycles. The number of hydrogen-bond acceptors (Lipinski definition) is 9. The van der Waals surface area contributed by atoms with Crippen molar-refractivity contribution in [3.63, 3.8) is 0 Å². The Morgan fingerprint density at radius 3 is 2.72 bits per heavy atom. The van der Waals surface area contributed by atoms with Gasteiger partial charge in [0.2, 0.25) is 5.95 Å². The lowest BCUT2D eigenvalue weighted by atomic mass is 9.94. The number of likely N-dealkylation sites (N-methyl/N-ethyl adjacent to an activating group) is 1. The summed E-state index contributed by atoms with van der Waals surface area (Å²) < 4.78 is 36.9. The van der Waals surface area contributed by atoms with Crippen molar-refractivity contribution in [3.8, 4) is 17.3 Å². The molecule has 0 saturated carbocycles. The number of hydrogen-bond donors (Lipinski definition) is 1. The van der Waals surface area contributed by atoms with E-state index in [2.05, 4.69) is 31.7 Å². The van der Waals surface area contributed by atoms with Gasteiger partial charge in [-0.15, -0.1) is 11.3 Å². The number of ether oxygens (including phenoxy) is 1. The minimum absolute atomic E-state index is 0.0909. The molecule has 1 fully saturated rings. The molecule has 6 rings (SSSR count). The molecule has 3 aromatic heterocycles. The van der Waals surface area contributed by atoms with Gasteiger partial charge in [-0.2, -0.15) is 5.26 Å². The third-order valence-corrected chi connectivity index (χ3v) is 8.30. The standard InChI is InChI=1S/C25H23F2N7OS/c1-11-4-12(33(2)3)8-34(11)25-31-6-14-15-9-35-10-16(15)18(20(27)21(14)32-25)22-19-13(5-28)24(29)36-23(19)17(26)7-30-22/h6-7,11-12H,4,8-10,29H2,1-3H3. The highest BCUT2D eigenvalue weighted by Crippen LogP contribution is 2.45. The van der Waals surface area contributed by atoms with Crippen LogP contribution in [0.3, 0.4) is 0 Å². The predicted molar refractivity (Wildman–Crippen MR) is 135 cm³/mol. The van der Waals surface area contributed by atoms with Crippen molar-refractivity contribution in [1.29, 1.82) is 5.26 Å². The Hall–Kier alpha value is -3.46. The molecule has 8 nitrogen and oxygen atoms in total. The molecule has 0 radical (unpaired) electrons. The largest absolute Gasteiger partial charge is 0.389 e. The first kappa shape index (κ1) is 23.0. The maximum Gasteiger partial charge on any atom is 0.226 e. The zero-order valence-corrected chi connectivity index (χ0v) is 20.8. The number of nitrogen functional groups attached to an aromatic ring is 1. The molecule has 2 atom stereocenters. The monoisotopic (exact) mass is 507 g/mol. The maximum absolute atomic E-state index is 16.4. The number of nitriles is 1. The summed E-state index contributed by atoms with van der Waals surface area (Å²) in [5.41, 5.74) is 7.96. The Labute approximate surface area is 209 Å². The zero-order valence-electron chi connectivity index (χ0n) is 20.0. The fourth-order valence-electron chi connectivity index (χ4n) is 5.33. The lowest BCUT2D eigenvalue weighted by Crippen LogP contribution is -2.33. The van der Waals surface area contributed by atoms with Gasteiger partial charge in [0.05, 0.1) is 35.4 Å². The van der Waals surface area contributed by atoms with Crippen LogP contribution in [0.1, 0.15) is 30.0 Å². The molecule has 11 heteroatoms. The molecule has 1 aromatic carbocycles. The van der Waals surface area contributed by atoms with Gasteiger partial charge in [-0.05, 0) is 38.6 Å². The van der Waals surface area contributed by atoms with E-state index < -0.39 is 11.6 Å². The van der Waals surface area contributed by atoms with Crippen LogP contribution in [-0.4, -0.2) is 52.6 Å². The van der Waals surface area contributed by atoms with E-state index in [0.717, 1.165) is 36.1 Å². The van der Waals surface area contributed by atoms with Gasteiger partial charge in [0.15, 0.2) is 11.6 Å². The summed E-state index contributed by atoms with van der Waals surface area (Å²) in [5.74, 6) is -0.745. The highest BCUT2D eigenvalue weighted by molar-refractivity contribution is 7.23. The maximum atomic E-state index is 16.4.